The summed E-state index contributed by atoms with van der Waals surface area (Å²) in [4.78, 5) is 38.4. The average Bonchev–Trinajstić information content (AvgIpc) is 2.99. The lowest BCUT2D eigenvalue weighted by Gasteiger charge is -2.06. The molecule has 0 fully saturated rings. The monoisotopic (exact) mass is 387 g/mol. The number of benzene rings is 1. The van der Waals surface area contributed by atoms with E-state index in [0.717, 1.165) is 11.1 Å². The number of aromatic amines is 1. The number of aromatic nitrogens is 1. The second kappa shape index (κ2) is 10.3. The van der Waals surface area contributed by atoms with Crippen molar-refractivity contribution >= 4 is 17.9 Å². The van der Waals surface area contributed by atoms with E-state index in [4.69, 9.17) is 14.2 Å². The summed E-state index contributed by atoms with van der Waals surface area (Å²) < 4.78 is 15.4. The average molecular weight is 387 g/mol. The number of esters is 3. The fourth-order valence-corrected chi connectivity index (χ4v) is 2.79. The summed E-state index contributed by atoms with van der Waals surface area (Å²) in [6, 6.07) is 9.36. The van der Waals surface area contributed by atoms with Gasteiger partial charge in [0.05, 0.1) is 12.3 Å². The minimum absolute atomic E-state index is 0.0136. The van der Waals surface area contributed by atoms with Crippen LogP contribution in [0.4, 0.5) is 0 Å². The highest BCUT2D eigenvalue weighted by molar-refractivity contribution is 5.90. The number of carbonyl (C=O) groups is 3. The summed E-state index contributed by atoms with van der Waals surface area (Å²) in [5.74, 6) is -1.26. The second-order valence-electron chi connectivity index (χ2n) is 6.23. The standard InChI is InChI=1S/C21H25NO6/c1-4-26-19(24)11-10-17-14(2)20(22-18(17)13-27-15(3)23)21(25)28-12-16-8-6-5-7-9-16/h5-9,22H,4,10-13H2,1-3H3. The van der Waals surface area contributed by atoms with Crippen LogP contribution in [-0.4, -0.2) is 29.5 Å². The lowest BCUT2D eigenvalue weighted by molar-refractivity contribution is -0.143. The van der Waals surface area contributed by atoms with Gasteiger partial charge in [0, 0.05) is 13.3 Å². The van der Waals surface area contributed by atoms with Crippen molar-refractivity contribution in [2.24, 2.45) is 0 Å². The van der Waals surface area contributed by atoms with Crippen molar-refractivity contribution in [3.8, 4) is 0 Å². The van der Waals surface area contributed by atoms with Gasteiger partial charge in [0.15, 0.2) is 0 Å². The lowest BCUT2D eigenvalue weighted by Crippen LogP contribution is -2.08. The number of hydrogen-bond acceptors (Lipinski definition) is 6. The normalized spacial score (nSPS) is 10.4. The third-order valence-electron chi connectivity index (χ3n) is 4.19. The van der Waals surface area contributed by atoms with E-state index >= 15 is 0 Å². The SMILES string of the molecule is CCOC(=O)CCc1c(COC(C)=O)[nH]c(C(=O)OCc2ccccc2)c1C. The van der Waals surface area contributed by atoms with Gasteiger partial charge in [-0.1, -0.05) is 30.3 Å². The molecule has 0 saturated carbocycles. The van der Waals surface area contributed by atoms with Crippen molar-refractivity contribution < 1.29 is 28.6 Å². The number of H-pyrrole nitrogens is 1. The van der Waals surface area contributed by atoms with Gasteiger partial charge >= 0.3 is 17.9 Å². The number of rotatable bonds is 9. The van der Waals surface area contributed by atoms with Crippen LogP contribution in [0.3, 0.4) is 0 Å². The summed E-state index contributed by atoms with van der Waals surface area (Å²) in [6.45, 7) is 5.26. The molecule has 2 rings (SSSR count). The number of carbonyl (C=O) groups excluding carboxylic acids is 3. The van der Waals surface area contributed by atoms with Crippen LogP contribution in [0.5, 0.6) is 0 Å². The van der Waals surface area contributed by atoms with Gasteiger partial charge in [-0.05, 0) is 37.0 Å². The number of hydrogen-bond donors (Lipinski definition) is 1. The van der Waals surface area contributed by atoms with Crippen LogP contribution in [0.2, 0.25) is 0 Å². The topological polar surface area (TPSA) is 94.7 Å². The van der Waals surface area contributed by atoms with Crippen LogP contribution in [0, 0.1) is 6.92 Å². The van der Waals surface area contributed by atoms with E-state index in [-0.39, 0.29) is 31.3 Å². The van der Waals surface area contributed by atoms with E-state index in [1.54, 1.807) is 13.8 Å². The Hall–Kier alpha value is -3.09. The molecule has 0 aliphatic rings. The zero-order valence-corrected chi connectivity index (χ0v) is 16.4. The fourth-order valence-electron chi connectivity index (χ4n) is 2.79. The molecule has 1 heterocycles. The van der Waals surface area contributed by atoms with Gasteiger partial charge in [0.2, 0.25) is 0 Å². The molecule has 7 nitrogen and oxygen atoms in total. The highest BCUT2D eigenvalue weighted by atomic mass is 16.5. The summed E-state index contributed by atoms with van der Waals surface area (Å²) in [7, 11) is 0. The minimum Gasteiger partial charge on any atom is -0.466 e. The first-order valence-electron chi connectivity index (χ1n) is 9.12. The van der Waals surface area contributed by atoms with Crippen molar-refractivity contribution in [3.05, 3.63) is 58.4 Å². The van der Waals surface area contributed by atoms with Gasteiger partial charge in [0.1, 0.15) is 18.9 Å². The highest BCUT2D eigenvalue weighted by Gasteiger charge is 2.21. The maximum Gasteiger partial charge on any atom is 0.355 e. The van der Waals surface area contributed by atoms with Gasteiger partial charge in [-0.25, -0.2) is 4.79 Å². The first-order valence-corrected chi connectivity index (χ1v) is 9.12. The van der Waals surface area contributed by atoms with Crippen LogP contribution in [0.15, 0.2) is 30.3 Å². The molecular weight excluding hydrogens is 362 g/mol. The van der Waals surface area contributed by atoms with E-state index in [1.165, 1.54) is 6.92 Å². The fraction of sp³-hybridized carbons (Fsp3) is 0.381. The Kier molecular flexibility index (Phi) is 7.80. The van der Waals surface area contributed by atoms with E-state index in [2.05, 4.69) is 4.98 Å². The van der Waals surface area contributed by atoms with Gasteiger partial charge in [-0.15, -0.1) is 0 Å². The van der Waals surface area contributed by atoms with Gasteiger partial charge in [-0.2, -0.15) is 0 Å². The highest BCUT2D eigenvalue weighted by Crippen LogP contribution is 2.22. The predicted octanol–water partition coefficient (Wildman–Crippen LogP) is 3.24. The Morgan fingerprint density at radius 2 is 1.71 bits per heavy atom. The molecular formula is C21H25NO6. The van der Waals surface area contributed by atoms with Crippen molar-refractivity contribution in [1.82, 2.24) is 4.98 Å². The van der Waals surface area contributed by atoms with Crippen molar-refractivity contribution in [3.63, 3.8) is 0 Å². The van der Waals surface area contributed by atoms with Gasteiger partial charge < -0.3 is 19.2 Å². The predicted molar refractivity (Wildman–Crippen MR) is 102 cm³/mol. The van der Waals surface area contributed by atoms with Gasteiger partial charge in [0.25, 0.3) is 0 Å². The first kappa shape index (κ1) is 21.2. The summed E-state index contributed by atoms with van der Waals surface area (Å²) >= 11 is 0. The molecule has 0 bridgehead atoms. The third kappa shape index (κ3) is 5.97. The molecule has 0 saturated heterocycles. The Morgan fingerprint density at radius 1 is 1.00 bits per heavy atom. The van der Waals surface area contributed by atoms with Crippen molar-refractivity contribution in [2.45, 2.75) is 46.8 Å². The first-order chi connectivity index (χ1) is 13.4. The summed E-state index contributed by atoms with van der Waals surface area (Å²) in [5.41, 5.74) is 3.16. The van der Waals surface area contributed by atoms with Gasteiger partial charge in [-0.3, -0.25) is 9.59 Å². The summed E-state index contributed by atoms with van der Waals surface area (Å²) in [6.07, 6.45) is 0.530. The molecule has 0 aliphatic heterocycles. The third-order valence-corrected chi connectivity index (χ3v) is 4.19. The molecule has 28 heavy (non-hydrogen) atoms. The van der Waals surface area contributed by atoms with Crippen molar-refractivity contribution in [2.75, 3.05) is 6.61 Å². The number of ether oxygens (including phenoxy) is 3. The summed E-state index contributed by atoms with van der Waals surface area (Å²) in [5, 5.41) is 0. The smallest absolute Gasteiger partial charge is 0.355 e. The van der Waals surface area contributed by atoms with E-state index in [9.17, 15) is 14.4 Å². The molecule has 1 N–H and O–H groups in total. The largest absolute Gasteiger partial charge is 0.466 e. The molecule has 0 radical (unpaired) electrons. The molecule has 0 atom stereocenters. The van der Waals surface area contributed by atoms with Crippen LogP contribution >= 0.6 is 0 Å². The van der Waals surface area contributed by atoms with Crippen LogP contribution in [-0.2, 0) is 43.4 Å². The van der Waals surface area contributed by atoms with Crippen LogP contribution in [0.25, 0.3) is 0 Å². The lowest BCUT2D eigenvalue weighted by atomic mass is 10.0. The maximum absolute atomic E-state index is 12.5. The molecule has 2 aromatic rings. The van der Waals surface area contributed by atoms with E-state index < -0.39 is 11.9 Å². The molecule has 0 unspecified atom stereocenters. The molecule has 0 amide bonds. The molecule has 0 aliphatic carbocycles. The molecule has 1 aromatic heterocycles. The Morgan fingerprint density at radius 3 is 2.36 bits per heavy atom. The molecule has 1 aromatic carbocycles. The van der Waals surface area contributed by atoms with E-state index in [0.29, 0.717) is 24.3 Å². The molecule has 0 spiro atoms. The Balaban J connectivity index is 2.15. The zero-order valence-electron chi connectivity index (χ0n) is 16.4. The Bertz CT molecular complexity index is 825. The van der Waals surface area contributed by atoms with E-state index in [1.807, 2.05) is 30.3 Å². The Labute approximate surface area is 164 Å². The zero-order chi connectivity index (χ0) is 20.5. The maximum atomic E-state index is 12.5. The van der Waals surface area contributed by atoms with Crippen LogP contribution < -0.4 is 0 Å². The second-order valence-corrected chi connectivity index (χ2v) is 6.23. The molecule has 150 valence electrons. The molecule has 7 heteroatoms. The quantitative estimate of drug-likeness (QED) is 0.524. The number of nitrogens with one attached hydrogen (secondary N) is 1. The van der Waals surface area contributed by atoms with Crippen molar-refractivity contribution in [1.29, 1.82) is 0 Å². The van der Waals surface area contributed by atoms with Crippen LogP contribution in [0.1, 0.15) is 53.1 Å². The minimum atomic E-state index is -0.507.